The van der Waals surface area contributed by atoms with Crippen LogP contribution in [0.5, 0.6) is 5.88 Å². The third-order valence-electron chi connectivity index (χ3n) is 6.04. The summed E-state index contributed by atoms with van der Waals surface area (Å²) < 4.78 is 49.9. The fraction of sp³-hybridized carbons (Fsp3) is 0.280. The van der Waals surface area contributed by atoms with E-state index in [9.17, 15) is 13.2 Å². The van der Waals surface area contributed by atoms with Gasteiger partial charge in [-0.15, -0.1) is 0 Å². The summed E-state index contributed by atoms with van der Waals surface area (Å²) in [6.07, 6.45) is 1.47. The van der Waals surface area contributed by atoms with Crippen LogP contribution in [0, 0.1) is 0 Å². The van der Waals surface area contributed by atoms with Crippen molar-refractivity contribution in [3.05, 3.63) is 65.5 Å². The highest BCUT2D eigenvalue weighted by molar-refractivity contribution is 6.33. The van der Waals surface area contributed by atoms with Crippen molar-refractivity contribution in [3.63, 3.8) is 0 Å². The first-order valence-corrected chi connectivity index (χ1v) is 11.8. The molecule has 0 unspecified atom stereocenters. The molecule has 37 heavy (non-hydrogen) atoms. The predicted octanol–water partition coefficient (Wildman–Crippen LogP) is 6.01. The highest BCUT2D eigenvalue weighted by Crippen LogP contribution is 2.38. The Bertz CT molecular complexity index is 1580. The molecule has 0 fully saturated rings. The molecular formula is C25H23ClF3N7O. The number of hydrogen-bond acceptors (Lipinski definition) is 5. The minimum Gasteiger partial charge on any atom is -0.479 e. The Hall–Kier alpha value is -3.86. The van der Waals surface area contributed by atoms with E-state index >= 15 is 0 Å². The predicted molar refractivity (Wildman–Crippen MR) is 133 cm³/mol. The van der Waals surface area contributed by atoms with Crippen LogP contribution in [0.1, 0.15) is 31.1 Å². The zero-order chi connectivity index (χ0) is 26.5. The number of ether oxygens (including phenoxy) is 1. The summed E-state index contributed by atoms with van der Waals surface area (Å²) in [6.45, 7) is 4.47. The molecule has 0 aliphatic carbocycles. The van der Waals surface area contributed by atoms with Crippen LogP contribution in [0.3, 0.4) is 0 Å². The molecule has 0 bridgehead atoms. The van der Waals surface area contributed by atoms with Crippen molar-refractivity contribution in [2.75, 3.05) is 7.11 Å². The van der Waals surface area contributed by atoms with Crippen molar-refractivity contribution in [1.29, 1.82) is 0 Å². The largest absolute Gasteiger partial charge is 0.479 e. The summed E-state index contributed by atoms with van der Waals surface area (Å²) in [4.78, 5) is 12.6. The first-order chi connectivity index (χ1) is 17.6. The molecule has 4 aromatic heterocycles. The molecule has 0 amide bonds. The Morgan fingerprint density at radius 3 is 2.43 bits per heavy atom. The van der Waals surface area contributed by atoms with Crippen molar-refractivity contribution in [2.24, 2.45) is 7.05 Å². The molecule has 12 heteroatoms. The maximum Gasteiger partial charge on any atom is 0.434 e. The molecule has 4 heterocycles. The van der Waals surface area contributed by atoms with Gasteiger partial charge in [-0.2, -0.15) is 23.3 Å². The minimum atomic E-state index is -4.50. The molecule has 1 aromatic carbocycles. The normalized spacial score (nSPS) is 12.1. The number of aromatic nitrogens is 7. The summed E-state index contributed by atoms with van der Waals surface area (Å²) in [5.74, 6) is 0.645. The molecule has 192 valence electrons. The fourth-order valence-corrected chi connectivity index (χ4v) is 4.59. The number of hydrogen-bond donors (Lipinski definition) is 0. The number of fused-ring (bicyclic) bond motifs is 1. The average molecular weight is 530 g/mol. The summed E-state index contributed by atoms with van der Waals surface area (Å²) >= 11 is 6.54. The number of methoxy groups -OCH3 is 1. The lowest BCUT2D eigenvalue weighted by Crippen LogP contribution is -2.04. The van der Waals surface area contributed by atoms with E-state index < -0.39 is 11.9 Å². The molecule has 0 saturated heterocycles. The van der Waals surface area contributed by atoms with Crippen molar-refractivity contribution in [2.45, 2.75) is 32.6 Å². The number of benzene rings is 1. The van der Waals surface area contributed by atoms with Gasteiger partial charge in [0.05, 0.1) is 24.0 Å². The van der Waals surface area contributed by atoms with Crippen molar-refractivity contribution >= 4 is 22.6 Å². The summed E-state index contributed by atoms with van der Waals surface area (Å²) in [6, 6.07) is 7.28. The highest BCUT2D eigenvalue weighted by atomic mass is 35.5. The lowest BCUT2D eigenvalue weighted by Gasteiger charge is -2.10. The third kappa shape index (κ3) is 4.43. The summed E-state index contributed by atoms with van der Waals surface area (Å²) in [7, 11) is 3.08. The SMILES string of the molecule is COc1ncnc2c(-c3c(Cl)cnn3C(C)C)cn(Cc3ccc(-c4nc(C(F)(F)F)cn4C)cc3)c12. The topological polar surface area (TPSA) is 75.6 Å². The number of alkyl halides is 3. The van der Waals surface area contributed by atoms with Gasteiger partial charge in [0.25, 0.3) is 0 Å². The second-order valence-corrected chi connectivity index (χ2v) is 9.29. The molecule has 0 atom stereocenters. The van der Waals surface area contributed by atoms with Gasteiger partial charge < -0.3 is 13.9 Å². The smallest absolute Gasteiger partial charge is 0.434 e. The molecular weight excluding hydrogens is 507 g/mol. The number of aryl methyl sites for hydroxylation is 1. The van der Waals surface area contributed by atoms with Crippen LogP contribution < -0.4 is 4.74 Å². The quantitative estimate of drug-likeness (QED) is 0.269. The van der Waals surface area contributed by atoms with Gasteiger partial charge in [-0.25, -0.2) is 9.97 Å². The van der Waals surface area contributed by atoms with Crippen molar-refractivity contribution < 1.29 is 17.9 Å². The highest BCUT2D eigenvalue weighted by Gasteiger charge is 2.34. The molecule has 0 aliphatic heterocycles. The van der Waals surface area contributed by atoms with E-state index in [0.717, 1.165) is 23.0 Å². The van der Waals surface area contributed by atoms with E-state index in [1.807, 2.05) is 41.4 Å². The second kappa shape index (κ2) is 9.22. The van der Waals surface area contributed by atoms with Gasteiger partial charge in [-0.05, 0) is 19.4 Å². The number of rotatable bonds is 6. The van der Waals surface area contributed by atoms with Crippen LogP contribution >= 0.6 is 11.6 Å². The zero-order valence-electron chi connectivity index (χ0n) is 20.5. The zero-order valence-corrected chi connectivity index (χ0v) is 21.2. The maximum absolute atomic E-state index is 13.1. The monoisotopic (exact) mass is 529 g/mol. The second-order valence-electron chi connectivity index (χ2n) is 8.89. The first-order valence-electron chi connectivity index (χ1n) is 11.4. The number of imidazole rings is 1. The fourth-order valence-electron chi connectivity index (χ4n) is 4.36. The van der Waals surface area contributed by atoms with E-state index in [1.54, 1.807) is 25.4 Å². The van der Waals surface area contributed by atoms with Crippen LogP contribution in [0.4, 0.5) is 13.2 Å². The van der Waals surface area contributed by atoms with E-state index in [0.29, 0.717) is 34.0 Å². The molecule has 0 saturated carbocycles. The maximum atomic E-state index is 13.1. The van der Waals surface area contributed by atoms with Gasteiger partial charge in [0, 0.05) is 43.2 Å². The Morgan fingerprint density at radius 2 is 1.81 bits per heavy atom. The van der Waals surface area contributed by atoms with E-state index in [2.05, 4.69) is 20.1 Å². The Balaban J connectivity index is 1.55. The molecule has 0 spiro atoms. The van der Waals surface area contributed by atoms with Crippen molar-refractivity contribution in [1.82, 2.24) is 33.9 Å². The van der Waals surface area contributed by atoms with Gasteiger partial charge in [-0.3, -0.25) is 4.68 Å². The van der Waals surface area contributed by atoms with Gasteiger partial charge >= 0.3 is 6.18 Å². The van der Waals surface area contributed by atoms with E-state index in [-0.39, 0.29) is 11.9 Å². The average Bonchev–Trinajstić information content (AvgIpc) is 3.54. The first kappa shape index (κ1) is 24.8. The van der Waals surface area contributed by atoms with Crippen LogP contribution in [0.25, 0.3) is 33.7 Å². The molecule has 5 aromatic rings. The Kier molecular flexibility index (Phi) is 6.18. The molecule has 8 nitrogen and oxygen atoms in total. The Morgan fingerprint density at radius 1 is 1.08 bits per heavy atom. The van der Waals surface area contributed by atoms with Gasteiger partial charge in [0.15, 0.2) is 5.69 Å². The molecule has 0 N–H and O–H groups in total. The van der Waals surface area contributed by atoms with Crippen LogP contribution in [-0.2, 0) is 19.8 Å². The summed E-state index contributed by atoms with van der Waals surface area (Å²) in [5.41, 5.74) is 3.45. The Labute approximate surface area is 215 Å². The molecule has 5 rings (SSSR count). The standard InChI is InChI=1S/C25H23ClF3N7O/c1-14(2)36-21(18(26)9-32-36)17-11-35(22-20(17)30-13-31-24(22)37-4)10-15-5-7-16(8-6-15)23-33-19(12-34(23)3)25(27,28)29/h5-9,11-14H,10H2,1-4H3. The van der Waals surface area contributed by atoms with Gasteiger partial charge in [0.1, 0.15) is 23.2 Å². The third-order valence-corrected chi connectivity index (χ3v) is 6.31. The van der Waals surface area contributed by atoms with Crippen LogP contribution in [0.2, 0.25) is 5.02 Å². The van der Waals surface area contributed by atoms with Crippen LogP contribution in [0.15, 0.2) is 49.2 Å². The number of nitrogens with zero attached hydrogens (tertiary/aromatic N) is 7. The lowest BCUT2D eigenvalue weighted by molar-refractivity contribution is -0.140. The molecule has 0 radical (unpaired) electrons. The van der Waals surface area contributed by atoms with E-state index in [4.69, 9.17) is 16.3 Å². The minimum absolute atomic E-state index is 0.0705. The number of halogens is 4. The molecule has 0 aliphatic rings. The van der Waals surface area contributed by atoms with Crippen molar-refractivity contribution in [3.8, 4) is 28.5 Å². The lowest BCUT2D eigenvalue weighted by atomic mass is 10.1. The van der Waals surface area contributed by atoms with E-state index in [1.165, 1.54) is 17.9 Å². The van der Waals surface area contributed by atoms with Gasteiger partial charge in [-0.1, -0.05) is 35.9 Å². The summed E-state index contributed by atoms with van der Waals surface area (Å²) in [5, 5.41) is 4.92. The van der Waals surface area contributed by atoms with Crippen LogP contribution in [-0.4, -0.2) is 41.0 Å². The van der Waals surface area contributed by atoms with Gasteiger partial charge in [0.2, 0.25) is 5.88 Å².